The first-order valence-electron chi connectivity index (χ1n) is 7.79. The van der Waals surface area contributed by atoms with Gasteiger partial charge in [-0.2, -0.15) is 0 Å². The molecule has 1 aromatic heterocycles. The van der Waals surface area contributed by atoms with E-state index in [1.807, 2.05) is 55.5 Å². The minimum atomic E-state index is -0.488. The molecule has 0 N–H and O–H groups in total. The molecule has 1 unspecified atom stereocenters. The van der Waals surface area contributed by atoms with E-state index in [9.17, 15) is 4.79 Å². The van der Waals surface area contributed by atoms with Crippen LogP contribution in [-0.2, 0) is 6.42 Å². The van der Waals surface area contributed by atoms with Gasteiger partial charge < -0.3 is 4.74 Å². The summed E-state index contributed by atoms with van der Waals surface area (Å²) in [6.45, 7) is 2.00. The number of rotatable bonds is 3. The van der Waals surface area contributed by atoms with Crippen molar-refractivity contribution in [3.05, 3.63) is 71.9 Å². The molecule has 2 heterocycles. The lowest BCUT2D eigenvalue weighted by molar-refractivity contribution is 0.0744. The van der Waals surface area contributed by atoms with Gasteiger partial charge in [-0.15, -0.1) is 0 Å². The van der Waals surface area contributed by atoms with Crippen LogP contribution in [0.15, 0.2) is 60.8 Å². The van der Waals surface area contributed by atoms with Crippen LogP contribution in [0.2, 0.25) is 0 Å². The molecule has 1 atom stereocenters. The number of benzene rings is 2. The molecule has 0 radical (unpaired) electrons. The van der Waals surface area contributed by atoms with Gasteiger partial charge in [0.2, 0.25) is 0 Å². The van der Waals surface area contributed by atoms with Crippen LogP contribution < -0.4 is 4.74 Å². The number of ether oxygens (including phenoxy) is 1. The summed E-state index contributed by atoms with van der Waals surface area (Å²) in [5.74, 6) is 0.962. The molecule has 4 rings (SSSR count). The topological polar surface area (TPSA) is 39.2 Å². The molecule has 3 heteroatoms. The summed E-state index contributed by atoms with van der Waals surface area (Å²) in [5, 5.41) is 0.985. The first-order chi connectivity index (χ1) is 11.1. The van der Waals surface area contributed by atoms with Crippen molar-refractivity contribution in [1.82, 2.24) is 4.98 Å². The molecular weight excluding hydrogens is 286 g/mol. The quantitative estimate of drug-likeness (QED) is 0.681. The molecule has 114 valence electrons. The second-order valence-electron chi connectivity index (χ2n) is 6.32. The minimum absolute atomic E-state index is 0.0737. The van der Waals surface area contributed by atoms with E-state index in [0.717, 1.165) is 23.1 Å². The van der Waals surface area contributed by atoms with Crippen LogP contribution >= 0.6 is 0 Å². The number of hydrogen-bond donors (Lipinski definition) is 0. The Labute approximate surface area is 134 Å². The highest BCUT2D eigenvalue weighted by Gasteiger charge is 2.37. The molecule has 2 aromatic carbocycles. The molecule has 0 bridgehead atoms. The lowest BCUT2D eigenvalue weighted by Gasteiger charge is -2.23. The molecule has 23 heavy (non-hydrogen) atoms. The van der Waals surface area contributed by atoms with Crippen LogP contribution in [-0.4, -0.2) is 16.4 Å². The van der Waals surface area contributed by atoms with Crippen molar-refractivity contribution < 1.29 is 9.53 Å². The summed E-state index contributed by atoms with van der Waals surface area (Å²) in [6.07, 6.45) is 2.83. The van der Waals surface area contributed by atoms with E-state index in [1.54, 1.807) is 6.20 Å². The average molecular weight is 303 g/mol. The van der Waals surface area contributed by atoms with Gasteiger partial charge in [-0.05, 0) is 30.7 Å². The van der Waals surface area contributed by atoms with Crippen LogP contribution in [0.1, 0.15) is 29.3 Å². The lowest BCUT2D eigenvalue weighted by Crippen LogP contribution is -2.33. The number of para-hydroxylation sites is 2. The van der Waals surface area contributed by atoms with Crippen molar-refractivity contribution in [3.63, 3.8) is 0 Å². The van der Waals surface area contributed by atoms with Gasteiger partial charge in [-0.3, -0.25) is 9.78 Å². The van der Waals surface area contributed by atoms with Crippen LogP contribution in [0, 0.1) is 0 Å². The number of ketones is 1. The van der Waals surface area contributed by atoms with Crippen LogP contribution in [0.3, 0.4) is 0 Å². The highest BCUT2D eigenvalue weighted by Crippen LogP contribution is 2.37. The summed E-state index contributed by atoms with van der Waals surface area (Å²) in [4.78, 5) is 17.2. The maximum absolute atomic E-state index is 12.9. The van der Waals surface area contributed by atoms with E-state index in [-0.39, 0.29) is 5.78 Å². The van der Waals surface area contributed by atoms with E-state index in [1.165, 1.54) is 5.56 Å². The number of carbonyl (C=O) groups excluding carboxylic acids is 1. The van der Waals surface area contributed by atoms with Crippen LogP contribution in [0.4, 0.5) is 0 Å². The fraction of sp³-hybridized carbons (Fsp3) is 0.200. The lowest BCUT2D eigenvalue weighted by atomic mass is 9.90. The van der Waals surface area contributed by atoms with Gasteiger partial charge in [0.05, 0.1) is 11.9 Å². The maximum atomic E-state index is 12.9. The third-order valence-corrected chi connectivity index (χ3v) is 4.36. The number of nitrogens with zero attached hydrogens (tertiary/aromatic N) is 1. The maximum Gasteiger partial charge on any atom is 0.169 e. The van der Waals surface area contributed by atoms with Gasteiger partial charge in [0.25, 0.3) is 0 Å². The zero-order valence-corrected chi connectivity index (χ0v) is 13.0. The van der Waals surface area contributed by atoms with Crippen molar-refractivity contribution in [2.75, 3.05) is 0 Å². The van der Waals surface area contributed by atoms with E-state index in [4.69, 9.17) is 4.74 Å². The third kappa shape index (κ3) is 2.48. The molecule has 0 fully saturated rings. The Morgan fingerprint density at radius 1 is 1.13 bits per heavy atom. The molecule has 3 nitrogen and oxygen atoms in total. The first kappa shape index (κ1) is 13.9. The summed E-state index contributed by atoms with van der Waals surface area (Å²) >= 11 is 0. The van der Waals surface area contributed by atoms with Crippen LogP contribution in [0.25, 0.3) is 10.9 Å². The molecule has 3 aromatic rings. The average Bonchev–Trinajstić information content (AvgIpc) is 2.89. The summed E-state index contributed by atoms with van der Waals surface area (Å²) < 4.78 is 6.06. The number of carbonyl (C=O) groups is 1. The Kier molecular flexibility index (Phi) is 3.15. The normalized spacial score (nSPS) is 19.3. The number of pyridine rings is 1. The van der Waals surface area contributed by atoms with E-state index >= 15 is 0 Å². The van der Waals surface area contributed by atoms with Crippen molar-refractivity contribution in [1.29, 1.82) is 0 Å². The molecule has 0 saturated heterocycles. The number of Topliss-reactive ketones (excluding diaryl/α,β-unsaturated/α-hetero) is 1. The van der Waals surface area contributed by atoms with Crippen LogP contribution in [0.5, 0.6) is 5.75 Å². The second kappa shape index (κ2) is 5.20. The minimum Gasteiger partial charge on any atom is -0.486 e. The molecule has 0 amide bonds. The van der Waals surface area contributed by atoms with Crippen molar-refractivity contribution >= 4 is 16.7 Å². The fourth-order valence-electron chi connectivity index (χ4n) is 3.32. The highest BCUT2D eigenvalue weighted by molar-refractivity contribution is 6.07. The molecule has 0 spiro atoms. The van der Waals surface area contributed by atoms with Gasteiger partial charge in [-0.1, -0.05) is 36.4 Å². The molecule has 0 aliphatic carbocycles. The Bertz CT molecular complexity index is 871. The largest absolute Gasteiger partial charge is 0.486 e. The summed E-state index contributed by atoms with van der Waals surface area (Å²) in [5.41, 5.74) is 2.11. The third-order valence-electron chi connectivity index (χ3n) is 4.36. The highest BCUT2D eigenvalue weighted by atomic mass is 16.5. The van der Waals surface area contributed by atoms with E-state index < -0.39 is 5.60 Å². The SMILES string of the molecule is CC1(CC(=O)c2cccc3cccnc23)Cc2ccccc2O1. The number of fused-ring (bicyclic) bond motifs is 2. The van der Waals surface area contributed by atoms with Gasteiger partial charge in [0, 0.05) is 23.6 Å². The number of hydrogen-bond acceptors (Lipinski definition) is 3. The Morgan fingerprint density at radius 3 is 2.83 bits per heavy atom. The van der Waals surface area contributed by atoms with Gasteiger partial charge in [0.15, 0.2) is 5.78 Å². The Morgan fingerprint density at radius 2 is 1.96 bits per heavy atom. The predicted molar refractivity (Wildman–Crippen MR) is 89.9 cm³/mol. The molecular formula is C20H17NO2. The Balaban J connectivity index is 1.63. The fourth-order valence-corrected chi connectivity index (χ4v) is 3.32. The standard InChI is InChI=1S/C20H17NO2/c1-20(12-15-6-2-3-10-18(15)23-20)13-17(22)16-9-4-7-14-8-5-11-21-19(14)16/h2-11H,12-13H2,1H3. The molecule has 1 aliphatic heterocycles. The summed E-state index contributed by atoms with van der Waals surface area (Å²) in [7, 11) is 0. The number of aromatic nitrogens is 1. The monoisotopic (exact) mass is 303 g/mol. The van der Waals surface area contributed by atoms with E-state index in [0.29, 0.717) is 12.0 Å². The zero-order valence-electron chi connectivity index (χ0n) is 13.0. The van der Waals surface area contributed by atoms with Gasteiger partial charge >= 0.3 is 0 Å². The van der Waals surface area contributed by atoms with Gasteiger partial charge in [-0.25, -0.2) is 0 Å². The smallest absolute Gasteiger partial charge is 0.169 e. The van der Waals surface area contributed by atoms with Gasteiger partial charge in [0.1, 0.15) is 11.4 Å². The predicted octanol–water partition coefficient (Wildman–Crippen LogP) is 4.20. The van der Waals surface area contributed by atoms with Crippen molar-refractivity contribution in [3.8, 4) is 5.75 Å². The first-order valence-corrected chi connectivity index (χ1v) is 7.79. The summed E-state index contributed by atoms with van der Waals surface area (Å²) in [6, 6.07) is 17.6. The second-order valence-corrected chi connectivity index (χ2v) is 6.32. The molecule has 1 aliphatic rings. The van der Waals surface area contributed by atoms with E-state index in [2.05, 4.69) is 11.1 Å². The Hall–Kier alpha value is -2.68. The zero-order chi connectivity index (χ0) is 15.9. The van der Waals surface area contributed by atoms with Crippen molar-refractivity contribution in [2.45, 2.75) is 25.4 Å². The molecule has 0 saturated carbocycles. The van der Waals surface area contributed by atoms with Crippen molar-refractivity contribution in [2.24, 2.45) is 0 Å².